The first-order chi connectivity index (χ1) is 14.7. The molecule has 0 spiro atoms. The molecule has 3 aliphatic heterocycles. The summed E-state index contributed by atoms with van der Waals surface area (Å²) >= 11 is 0. The summed E-state index contributed by atoms with van der Waals surface area (Å²) in [6, 6.07) is 5.85. The minimum atomic E-state index is -0.488. The summed E-state index contributed by atoms with van der Waals surface area (Å²) in [5, 5.41) is 2.45. The lowest BCUT2D eigenvalue weighted by Gasteiger charge is -2.39. The fourth-order valence-electron chi connectivity index (χ4n) is 4.54. The highest BCUT2D eigenvalue weighted by atomic mass is 16.6. The Bertz CT molecular complexity index is 870. The molecule has 8 nitrogen and oxygen atoms in total. The Labute approximate surface area is 182 Å². The molecule has 4 rings (SSSR count). The monoisotopic (exact) mass is 429 g/mol. The lowest BCUT2D eigenvalue weighted by Crippen LogP contribution is -2.54. The van der Waals surface area contributed by atoms with Crippen molar-refractivity contribution in [2.45, 2.75) is 64.0 Å². The molecule has 1 unspecified atom stereocenters. The van der Waals surface area contributed by atoms with Crippen molar-refractivity contribution in [3.63, 3.8) is 0 Å². The summed E-state index contributed by atoms with van der Waals surface area (Å²) in [7, 11) is 0. The maximum absolute atomic E-state index is 12.3. The molecule has 31 heavy (non-hydrogen) atoms. The van der Waals surface area contributed by atoms with Crippen molar-refractivity contribution in [3.05, 3.63) is 23.8 Å². The van der Waals surface area contributed by atoms with E-state index in [2.05, 4.69) is 22.3 Å². The first-order valence-electron chi connectivity index (χ1n) is 11.1. The molecule has 0 radical (unpaired) electrons. The first-order valence-corrected chi connectivity index (χ1v) is 11.1. The standard InChI is InChI=1S/C23H31N3O5/c1-23(2,3)31-22(29)25-10-8-15(9-11-25)16-4-5-17-19(14-16)30-13-12-26(17)18-6-7-20(27)24-21(18)28/h4-5,14-15,18H,6-13H2,1-3H3,(H,24,27,28). The van der Waals surface area contributed by atoms with Crippen molar-refractivity contribution in [3.8, 4) is 5.75 Å². The minimum Gasteiger partial charge on any atom is -0.490 e. The number of amides is 3. The van der Waals surface area contributed by atoms with Crippen molar-refractivity contribution in [2.24, 2.45) is 0 Å². The third-order valence-corrected chi connectivity index (χ3v) is 6.09. The zero-order valence-electron chi connectivity index (χ0n) is 18.5. The van der Waals surface area contributed by atoms with Crippen LogP contribution in [-0.4, -0.2) is 60.7 Å². The number of hydrogen-bond acceptors (Lipinski definition) is 6. The van der Waals surface area contributed by atoms with Crippen LogP contribution in [0.25, 0.3) is 0 Å². The SMILES string of the molecule is CC(C)(C)OC(=O)N1CCC(c2ccc3c(c2)OCCN3C2CCC(=O)NC2=O)CC1. The van der Waals surface area contributed by atoms with E-state index in [0.717, 1.165) is 24.3 Å². The summed E-state index contributed by atoms with van der Waals surface area (Å²) in [6.45, 7) is 8.09. The van der Waals surface area contributed by atoms with Gasteiger partial charge in [-0.1, -0.05) is 6.07 Å². The molecule has 3 amide bonds. The van der Waals surface area contributed by atoms with Gasteiger partial charge in [0.25, 0.3) is 0 Å². The number of fused-ring (bicyclic) bond motifs is 1. The third kappa shape index (κ3) is 4.78. The van der Waals surface area contributed by atoms with E-state index in [9.17, 15) is 14.4 Å². The van der Waals surface area contributed by atoms with Crippen molar-refractivity contribution >= 4 is 23.6 Å². The second-order valence-corrected chi connectivity index (χ2v) is 9.48. The number of ether oxygens (including phenoxy) is 2. The van der Waals surface area contributed by atoms with Gasteiger partial charge in [-0.2, -0.15) is 0 Å². The molecule has 168 valence electrons. The average Bonchev–Trinajstić information content (AvgIpc) is 2.72. The van der Waals surface area contributed by atoms with Crippen molar-refractivity contribution < 1.29 is 23.9 Å². The molecule has 3 aliphatic rings. The molecule has 0 aromatic heterocycles. The van der Waals surface area contributed by atoms with E-state index in [1.165, 1.54) is 5.56 Å². The van der Waals surface area contributed by atoms with Crippen molar-refractivity contribution in [1.82, 2.24) is 10.2 Å². The van der Waals surface area contributed by atoms with E-state index in [4.69, 9.17) is 9.47 Å². The smallest absolute Gasteiger partial charge is 0.410 e. The Morgan fingerprint density at radius 2 is 1.87 bits per heavy atom. The molecule has 1 atom stereocenters. The van der Waals surface area contributed by atoms with Crippen LogP contribution >= 0.6 is 0 Å². The maximum Gasteiger partial charge on any atom is 0.410 e. The summed E-state index contributed by atoms with van der Waals surface area (Å²) in [6.07, 6.45) is 2.37. The molecule has 8 heteroatoms. The van der Waals surface area contributed by atoms with E-state index in [1.54, 1.807) is 4.90 Å². The molecule has 1 aromatic rings. The Morgan fingerprint density at radius 3 is 2.55 bits per heavy atom. The van der Waals surface area contributed by atoms with Crippen LogP contribution in [0.1, 0.15) is 57.9 Å². The van der Waals surface area contributed by atoms with E-state index >= 15 is 0 Å². The fourth-order valence-corrected chi connectivity index (χ4v) is 4.54. The molecule has 0 bridgehead atoms. The number of nitrogens with one attached hydrogen (secondary N) is 1. The molecule has 1 aromatic carbocycles. The van der Waals surface area contributed by atoms with Gasteiger partial charge in [0.05, 0.1) is 12.2 Å². The normalized spacial score (nSPS) is 22.5. The van der Waals surface area contributed by atoms with Gasteiger partial charge in [-0.25, -0.2) is 4.79 Å². The number of benzene rings is 1. The molecular formula is C23H31N3O5. The fraction of sp³-hybridized carbons (Fsp3) is 0.609. The number of nitrogens with zero attached hydrogens (tertiary/aromatic N) is 2. The van der Waals surface area contributed by atoms with Gasteiger partial charge in [-0.3, -0.25) is 14.9 Å². The predicted molar refractivity (Wildman–Crippen MR) is 115 cm³/mol. The molecular weight excluding hydrogens is 398 g/mol. The van der Waals surface area contributed by atoms with Gasteiger partial charge >= 0.3 is 6.09 Å². The highest BCUT2D eigenvalue weighted by molar-refractivity contribution is 6.01. The molecule has 2 fully saturated rings. The average molecular weight is 430 g/mol. The summed E-state index contributed by atoms with van der Waals surface area (Å²) < 4.78 is 11.4. The Kier molecular flexibility index (Phi) is 5.81. The number of likely N-dealkylation sites (tertiary alicyclic amines) is 1. The largest absolute Gasteiger partial charge is 0.490 e. The Hall–Kier alpha value is -2.77. The number of piperidine rings is 2. The summed E-state index contributed by atoms with van der Waals surface area (Å²) in [4.78, 5) is 40.0. The molecule has 0 aliphatic carbocycles. The van der Waals surface area contributed by atoms with Crippen LogP contribution in [0.3, 0.4) is 0 Å². The van der Waals surface area contributed by atoms with Gasteiger partial charge < -0.3 is 19.3 Å². The van der Waals surface area contributed by atoms with Crippen molar-refractivity contribution in [1.29, 1.82) is 0 Å². The number of imide groups is 1. The van der Waals surface area contributed by atoms with Crippen LogP contribution in [0.2, 0.25) is 0 Å². The van der Waals surface area contributed by atoms with Crippen LogP contribution in [0.4, 0.5) is 10.5 Å². The van der Waals surface area contributed by atoms with Gasteiger partial charge in [-0.05, 0) is 63.6 Å². The lowest BCUT2D eigenvalue weighted by molar-refractivity contribution is -0.134. The summed E-state index contributed by atoms with van der Waals surface area (Å²) in [5.74, 6) is 0.687. The Balaban J connectivity index is 1.43. The van der Waals surface area contributed by atoms with E-state index < -0.39 is 5.60 Å². The topological polar surface area (TPSA) is 88.2 Å². The molecule has 2 saturated heterocycles. The predicted octanol–water partition coefficient (Wildman–Crippen LogP) is 2.81. The number of carbonyl (C=O) groups excluding carboxylic acids is 3. The van der Waals surface area contributed by atoms with E-state index in [-0.39, 0.29) is 23.9 Å². The molecule has 1 N–H and O–H groups in total. The number of rotatable bonds is 2. The number of anilines is 1. The number of hydrogen-bond donors (Lipinski definition) is 1. The summed E-state index contributed by atoms with van der Waals surface area (Å²) in [5.41, 5.74) is 1.60. The first kappa shape index (κ1) is 21.5. The maximum atomic E-state index is 12.3. The number of carbonyl (C=O) groups is 3. The van der Waals surface area contributed by atoms with Gasteiger partial charge in [0.1, 0.15) is 24.0 Å². The van der Waals surface area contributed by atoms with E-state index in [1.807, 2.05) is 26.8 Å². The lowest BCUT2D eigenvalue weighted by atomic mass is 9.89. The van der Waals surface area contributed by atoms with Gasteiger partial charge in [0.2, 0.25) is 11.8 Å². The van der Waals surface area contributed by atoms with Crippen LogP contribution in [0.15, 0.2) is 18.2 Å². The quantitative estimate of drug-likeness (QED) is 0.728. The Morgan fingerprint density at radius 1 is 1.13 bits per heavy atom. The highest BCUT2D eigenvalue weighted by Crippen LogP contribution is 2.38. The van der Waals surface area contributed by atoms with E-state index in [0.29, 0.717) is 45.0 Å². The highest BCUT2D eigenvalue weighted by Gasteiger charge is 2.35. The van der Waals surface area contributed by atoms with Crippen LogP contribution in [0, 0.1) is 0 Å². The second kappa shape index (κ2) is 8.40. The van der Waals surface area contributed by atoms with Gasteiger partial charge in [0, 0.05) is 19.5 Å². The molecule has 0 saturated carbocycles. The zero-order chi connectivity index (χ0) is 22.2. The van der Waals surface area contributed by atoms with Crippen molar-refractivity contribution in [2.75, 3.05) is 31.1 Å². The van der Waals surface area contributed by atoms with Crippen LogP contribution < -0.4 is 15.0 Å². The van der Waals surface area contributed by atoms with Gasteiger partial charge in [0.15, 0.2) is 0 Å². The second-order valence-electron chi connectivity index (χ2n) is 9.48. The third-order valence-electron chi connectivity index (χ3n) is 6.09. The molecule has 3 heterocycles. The zero-order valence-corrected chi connectivity index (χ0v) is 18.5. The van der Waals surface area contributed by atoms with Gasteiger partial charge in [-0.15, -0.1) is 0 Å². The van der Waals surface area contributed by atoms with Crippen LogP contribution in [-0.2, 0) is 14.3 Å². The minimum absolute atomic E-state index is 0.206. The van der Waals surface area contributed by atoms with Crippen LogP contribution in [0.5, 0.6) is 5.75 Å².